The van der Waals surface area contributed by atoms with Crippen LogP contribution in [0.5, 0.6) is 5.75 Å². The summed E-state index contributed by atoms with van der Waals surface area (Å²) in [5.41, 5.74) is 2.55. The van der Waals surface area contributed by atoms with Crippen LogP contribution < -0.4 is 14.8 Å². The van der Waals surface area contributed by atoms with Crippen LogP contribution in [-0.4, -0.2) is 37.9 Å². The lowest BCUT2D eigenvalue weighted by Gasteiger charge is -2.19. The van der Waals surface area contributed by atoms with Crippen LogP contribution in [0.15, 0.2) is 53.3 Å². The van der Waals surface area contributed by atoms with E-state index in [1.165, 1.54) is 7.11 Å². The third-order valence-corrected chi connectivity index (χ3v) is 7.72. The number of hydrogen-bond acceptors (Lipinski definition) is 5. The van der Waals surface area contributed by atoms with E-state index in [1.807, 2.05) is 0 Å². The Balaban J connectivity index is 1.51. The van der Waals surface area contributed by atoms with Crippen molar-refractivity contribution in [3.8, 4) is 5.75 Å². The van der Waals surface area contributed by atoms with Gasteiger partial charge in [-0.05, 0) is 60.7 Å². The average Bonchev–Trinajstić information content (AvgIpc) is 3.27. The summed E-state index contributed by atoms with van der Waals surface area (Å²) in [7, 11) is -3.28. The zero-order valence-electron chi connectivity index (χ0n) is 19.5. The molecule has 3 aromatic rings. The van der Waals surface area contributed by atoms with Gasteiger partial charge < -0.3 is 10.1 Å². The molecule has 196 valence electrons. The minimum atomic E-state index is -4.49. The lowest BCUT2D eigenvalue weighted by atomic mass is 9.92. The maximum absolute atomic E-state index is 15.3. The molecular weight excluding hydrogens is 549 g/mol. The number of aromatic nitrogens is 2. The van der Waals surface area contributed by atoms with E-state index in [-0.39, 0.29) is 12.3 Å². The Morgan fingerprint density at radius 2 is 1.97 bits per heavy atom. The fraction of sp³-hybridized carbons (Fsp3) is 0.250. The highest BCUT2D eigenvalue weighted by atomic mass is 35.5. The smallest absolute Gasteiger partial charge is 0.329 e. The number of sulfonamides is 1. The Labute approximate surface area is 222 Å². The maximum atomic E-state index is 15.3. The molecule has 1 aromatic heterocycles. The third kappa shape index (κ3) is 6.06. The molecule has 1 heterocycles. The summed E-state index contributed by atoms with van der Waals surface area (Å²) in [6.07, 6.45) is 3.47. The molecule has 0 spiro atoms. The monoisotopic (exact) mass is 570 g/mol. The van der Waals surface area contributed by atoms with E-state index in [4.69, 9.17) is 27.9 Å². The van der Waals surface area contributed by atoms with Gasteiger partial charge in [-0.25, -0.2) is 26.7 Å². The van der Waals surface area contributed by atoms with Crippen molar-refractivity contribution in [1.29, 1.82) is 0 Å². The highest BCUT2D eigenvalue weighted by molar-refractivity contribution is 7.90. The fourth-order valence-corrected chi connectivity index (χ4v) is 5.64. The summed E-state index contributed by atoms with van der Waals surface area (Å²) in [6.45, 7) is -0.285. The van der Waals surface area contributed by atoms with Crippen molar-refractivity contribution in [3.63, 3.8) is 0 Å². The summed E-state index contributed by atoms with van der Waals surface area (Å²) in [6, 6.07) is 6.75. The number of amides is 2. The fourth-order valence-electron chi connectivity index (χ4n) is 4.06. The SMILES string of the molecule is COc1ccc(F)cc1S(=O)(=O)NC(=O)NCC(F)=C1CCCc2cnn(Cc3ccc(Cl)cc3Cl)c21. The predicted octanol–water partition coefficient (Wildman–Crippen LogP) is 5.09. The van der Waals surface area contributed by atoms with Gasteiger partial charge in [-0.1, -0.05) is 29.3 Å². The second-order valence-corrected chi connectivity index (χ2v) is 10.7. The minimum absolute atomic E-state index is 0.154. The Bertz CT molecular complexity index is 1490. The number of carbonyl (C=O) groups is 1. The molecule has 2 N–H and O–H groups in total. The molecule has 0 saturated heterocycles. The molecule has 8 nitrogen and oxygen atoms in total. The van der Waals surface area contributed by atoms with Gasteiger partial charge in [-0.3, -0.25) is 4.68 Å². The van der Waals surface area contributed by atoms with Crippen LogP contribution in [0, 0.1) is 5.82 Å². The van der Waals surface area contributed by atoms with Gasteiger partial charge in [0, 0.05) is 15.6 Å². The molecule has 37 heavy (non-hydrogen) atoms. The molecule has 2 aromatic carbocycles. The first-order chi connectivity index (χ1) is 17.6. The van der Waals surface area contributed by atoms with Crippen molar-refractivity contribution in [2.75, 3.05) is 13.7 Å². The number of carbonyl (C=O) groups excluding carboxylic acids is 1. The van der Waals surface area contributed by atoms with Crippen molar-refractivity contribution in [2.24, 2.45) is 0 Å². The van der Waals surface area contributed by atoms with E-state index < -0.39 is 39.1 Å². The second-order valence-electron chi connectivity index (χ2n) is 8.23. The quantitative estimate of drug-likeness (QED) is 0.412. The van der Waals surface area contributed by atoms with E-state index in [0.29, 0.717) is 46.6 Å². The van der Waals surface area contributed by atoms with Gasteiger partial charge in [-0.2, -0.15) is 5.10 Å². The topological polar surface area (TPSA) is 102 Å². The van der Waals surface area contributed by atoms with Crippen molar-refractivity contribution in [1.82, 2.24) is 19.8 Å². The van der Waals surface area contributed by atoms with Crippen molar-refractivity contribution in [2.45, 2.75) is 30.7 Å². The Morgan fingerprint density at radius 1 is 1.19 bits per heavy atom. The minimum Gasteiger partial charge on any atom is -0.495 e. The van der Waals surface area contributed by atoms with E-state index in [1.54, 1.807) is 33.8 Å². The number of nitrogens with zero attached hydrogens (tertiary/aromatic N) is 2. The molecule has 4 rings (SSSR count). The number of rotatable bonds is 7. The molecule has 2 amide bonds. The summed E-state index contributed by atoms with van der Waals surface area (Å²) in [4.78, 5) is 11.7. The number of benzene rings is 2. The number of aryl methyl sites for hydroxylation is 1. The number of methoxy groups -OCH3 is 1. The van der Waals surface area contributed by atoms with E-state index in [2.05, 4.69) is 10.4 Å². The molecule has 13 heteroatoms. The van der Waals surface area contributed by atoms with Crippen molar-refractivity contribution < 1.29 is 26.7 Å². The third-order valence-electron chi connectivity index (χ3n) is 5.78. The van der Waals surface area contributed by atoms with Crippen LogP contribution in [0.25, 0.3) is 5.57 Å². The van der Waals surface area contributed by atoms with Gasteiger partial charge >= 0.3 is 6.03 Å². The highest BCUT2D eigenvalue weighted by Crippen LogP contribution is 2.34. The Kier molecular flexibility index (Phi) is 8.05. The lowest BCUT2D eigenvalue weighted by molar-refractivity contribution is 0.246. The number of hydrogen-bond donors (Lipinski definition) is 2. The molecule has 0 atom stereocenters. The molecule has 1 aliphatic rings. The van der Waals surface area contributed by atoms with Gasteiger partial charge in [-0.15, -0.1) is 0 Å². The summed E-state index contributed by atoms with van der Waals surface area (Å²) in [5.74, 6) is -1.62. The van der Waals surface area contributed by atoms with Crippen LogP contribution in [-0.2, 0) is 23.0 Å². The first-order valence-electron chi connectivity index (χ1n) is 11.1. The number of urea groups is 1. The van der Waals surface area contributed by atoms with Crippen LogP contribution in [0.3, 0.4) is 0 Å². The molecule has 0 radical (unpaired) electrons. The maximum Gasteiger partial charge on any atom is 0.329 e. The Morgan fingerprint density at radius 3 is 2.70 bits per heavy atom. The average molecular weight is 571 g/mol. The number of fused-ring (bicyclic) bond motifs is 1. The van der Waals surface area contributed by atoms with E-state index >= 15 is 4.39 Å². The second kappa shape index (κ2) is 11.1. The van der Waals surface area contributed by atoms with Crippen LogP contribution in [0.2, 0.25) is 10.0 Å². The van der Waals surface area contributed by atoms with Gasteiger partial charge in [0.05, 0.1) is 32.1 Å². The number of allylic oxidation sites excluding steroid dienone is 1. The first-order valence-corrected chi connectivity index (χ1v) is 13.3. The first kappa shape index (κ1) is 26.9. The van der Waals surface area contributed by atoms with E-state index in [0.717, 1.165) is 23.3 Å². The highest BCUT2D eigenvalue weighted by Gasteiger charge is 2.26. The van der Waals surface area contributed by atoms with E-state index in [9.17, 15) is 17.6 Å². The molecule has 1 aliphatic carbocycles. The summed E-state index contributed by atoms with van der Waals surface area (Å²) in [5, 5.41) is 7.54. The lowest BCUT2D eigenvalue weighted by Crippen LogP contribution is -2.40. The molecule has 0 unspecified atom stereocenters. The van der Waals surface area contributed by atoms with Gasteiger partial charge in [0.1, 0.15) is 22.3 Å². The predicted molar refractivity (Wildman–Crippen MR) is 135 cm³/mol. The zero-order valence-corrected chi connectivity index (χ0v) is 21.9. The zero-order chi connectivity index (χ0) is 26.7. The normalized spacial score (nSPS) is 14.6. The Hall–Kier alpha value is -3.15. The number of nitrogens with one attached hydrogen (secondary N) is 2. The number of ether oxygens (including phenoxy) is 1. The largest absolute Gasteiger partial charge is 0.495 e. The van der Waals surface area contributed by atoms with Crippen molar-refractivity contribution in [3.05, 3.63) is 81.1 Å². The molecule has 0 saturated carbocycles. The van der Waals surface area contributed by atoms with Crippen molar-refractivity contribution >= 4 is 44.8 Å². The summed E-state index contributed by atoms with van der Waals surface area (Å²) >= 11 is 12.3. The van der Waals surface area contributed by atoms with Gasteiger partial charge in [0.2, 0.25) is 0 Å². The number of halogens is 4. The van der Waals surface area contributed by atoms with Crippen LogP contribution in [0.4, 0.5) is 13.6 Å². The molecular formula is C24H22Cl2F2N4O4S. The molecule has 0 fully saturated rings. The standard InChI is InChI=1S/C24H22Cl2F2N4O4S/c1-36-21-8-7-17(27)10-22(21)37(34,35)31-24(33)29-12-20(28)18-4-2-3-14-11-30-32(23(14)18)13-15-5-6-16(25)9-19(15)26/h5-11H,2-4,12-13H2,1H3,(H2,29,31,33). The summed E-state index contributed by atoms with van der Waals surface area (Å²) < 4.78 is 62.3. The van der Waals surface area contributed by atoms with Gasteiger partial charge in [0.25, 0.3) is 10.0 Å². The molecule has 0 aliphatic heterocycles. The van der Waals surface area contributed by atoms with Crippen LogP contribution in [0.1, 0.15) is 29.7 Å². The van der Waals surface area contributed by atoms with Gasteiger partial charge in [0.15, 0.2) is 0 Å². The van der Waals surface area contributed by atoms with Crippen LogP contribution >= 0.6 is 23.2 Å². The molecule has 0 bridgehead atoms.